The molecule has 26 heavy (non-hydrogen) atoms. The number of nitrogens with zero attached hydrogens (tertiary/aromatic N) is 2. The molecule has 0 saturated heterocycles. The number of thiazole rings is 1. The van der Waals surface area contributed by atoms with Crippen molar-refractivity contribution >= 4 is 31.4 Å². The maximum atomic E-state index is 13.8. The Morgan fingerprint density at radius 2 is 1.96 bits per heavy atom. The van der Waals surface area contributed by atoms with E-state index in [0.29, 0.717) is 5.52 Å². The summed E-state index contributed by atoms with van der Waals surface area (Å²) in [4.78, 5) is 8.34. The van der Waals surface area contributed by atoms with E-state index in [4.69, 9.17) is 4.42 Å². The molecule has 0 unspecified atom stereocenters. The Labute approximate surface area is 153 Å². The van der Waals surface area contributed by atoms with Gasteiger partial charge in [0.15, 0.2) is 0 Å². The van der Waals surface area contributed by atoms with Gasteiger partial charge in [-0.05, 0) is 36.8 Å². The van der Waals surface area contributed by atoms with Gasteiger partial charge in [-0.2, -0.15) is 0 Å². The molecule has 5 nitrogen and oxygen atoms in total. The Morgan fingerprint density at radius 3 is 2.77 bits per heavy atom. The first kappa shape index (κ1) is 16.9. The summed E-state index contributed by atoms with van der Waals surface area (Å²) in [6, 6.07) is 11.6. The summed E-state index contributed by atoms with van der Waals surface area (Å²) in [6.07, 6.45) is 1.23. The van der Waals surface area contributed by atoms with Gasteiger partial charge in [-0.25, -0.2) is 22.8 Å². The van der Waals surface area contributed by atoms with Crippen molar-refractivity contribution in [2.45, 2.75) is 17.0 Å². The maximum absolute atomic E-state index is 13.8. The Hall–Kier alpha value is -2.58. The highest BCUT2D eigenvalue weighted by Gasteiger charge is 2.23. The fraction of sp³-hybridized carbons (Fsp3) is 0.111. The molecule has 0 aliphatic heterocycles. The van der Waals surface area contributed by atoms with Gasteiger partial charge < -0.3 is 4.42 Å². The first-order chi connectivity index (χ1) is 12.4. The Bertz CT molecular complexity index is 1210. The molecule has 0 amide bonds. The highest BCUT2D eigenvalue weighted by molar-refractivity contribution is 7.92. The number of oxazole rings is 1. The minimum Gasteiger partial charge on any atom is -0.444 e. The number of sulfone groups is 1. The maximum Gasteiger partial charge on any atom is 0.229 e. The van der Waals surface area contributed by atoms with Crippen molar-refractivity contribution in [3.05, 3.63) is 65.8 Å². The highest BCUT2D eigenvalue weighted by Crippen LogP contribution is 2.29. The number of halogens is 1. The lowest BCUT2D eigenvalue weighted by atomic mass is 10.2. The van der Waals surface area contributed by atoms with Gasteiger partial charge in [0.2, 0.25) is 20.1 Å². The van der Waals surface area contributed by atoms with Crippen LogP contribution in [0.5, 0.6) is 0 Å². The molecule has 2 aromatic heterocycles. The molecule has 0 aliphatic carbocycles. The molecule has 0 spiro atoms. The molecule has 0 saturated carbocycles. The molecule has 0 radical (unpaired) electrons. The molecule has 2 heterocycles. The number of benzene rings is 2. The van der Waals surface area contributed by atoms with Crippen molar-refractivity contribution in [3.8, 4) is 11.5 Å². The van der Waals surface area contributed by atoms with Crippen molar-refractivity contribution < 1.29 is 17.2 Å². The van der Waals surface area contributed by atoms with Gasteiger partial charge in [-0.3, -0.25) is 0 Å². The normalized spacial score (nSPS) is 11.9. The van der Waals surface area contributed by atoms with E-state index in [2.05, 4.69) is 9.97 Å². The van der Waals surface area contributed by atoms with Crippen LogP contribution in [0.1, 0.15) is 11.3 Å². The van der Waals surface area contributed by atoms with Gasteiger partial charge in [0.25, 0.3) is 0 Å². The van der Waals surface area contributed by atoms with E-state index >= 15 is 0 Å². The van der Waals surface area contributed by atoms with Gasteiger partial charge >= 0.3 is 0 Å². The lowest BCUT2D eigenvalue weighted by molar-refractivity contribution is 0.560. The van der Waals surface area contributed by atoms with E-state index in [1.165, 1.54) is 18.4 Å². The van der Waals surface area contributed by atoms with Gasteiger partial charge in [-0.15, -0.1) is 11.3 Å². The van der Waals surface area contributed by atoms with Crippen molar-refractivity contribution in [1.29, 1.82) is 0 Å². The second-order valence-corrected chi connectivity index (χ2v) is 9.03. The van der Waals surface area contributed by atoms with E-state index in [-0.39, 0.29) is 27.2 Å². The van der Waals surface area contributed by atoms with Gasteiger partial charge in [-0.1, -0.05) is 18.2 Å². The van der Waals surface area contributed by atoms with Crippen LogP contribution in [0.3, 0.4) is 0 Å². The third-order valence-electron chi connectivity index (χ3n) is 3.78. The van der Waals surface area contributed by atoms with Crippen LogP contribution in [0.2, 0.25) is 0 Å². The standard InChI is InChI=1S/C18H13FN2O3S2/c1-11-6-7-16-15(8-11)21-18(25-16)26(22,23)10-12-9-24-17(20-12)13-4-2-3-5-14(13)19/h2-9H,10H2,1H3. The fourth-order valence-electron chi connectivity index (χ4n) is 2.54. The molecule has 0 N–H and O–H groups in total. The first-order valence-corrected chi connectivity index (χ1v) is 10.2. The summed E-state index contributed by atoms with van der Waals surface area (Å²) in [7, 11) is -3.68. The second kappa shape index (κ2) is 6.30. The zero-order valence-electron chi connectivity index (χ0n) is 13.6. The topological polar surface area (TPSA) is 73.1 Å². The van der Waals surface area contributed by atoms with E-state index in [0.717, 1.165) is 21.6 Å². The van der Waals surface area contributed by atoms with E-state index in [9.17, 15) is 12.8 Å². The van der Waals surface area contributed by atoms with Crippen LogP contribution in [0, 0.1) is 12.7 Å². The molecular weight excluding hydrogens is 375 g/mol. The summed E-state index contributed by atoms with van der Waals surface area (Å²) in [5, 5.41) is 0. The monoisotopic (exact) mass is 388 g/mol. The third kappa shape index (κ3) is 3.13. The van der Waals surface area contributed by atoms with Crippen molar-refractivity contribution in [1.82, 2.24) is 9.97 Å². The molecule has 0 aliphatic rings. The van der Waals surface area contributed by atoms with Gasteiger partial charge in [0.1, 0.15) is 17.8 Å². The summed E-state index contributed by atoms with van der Waals surface area (Å²) >= 11 is 1.12. The Kier molecular flexibility index (Phi) is 4.08. The number of aromatic nitrogens is 2. The second-order valence-electron chi connectivity index (χ2n) is 5.83. The number of hydrogen-bond acceptors (Lipinski definition) is 6. The summed E-state index contributed by atoms with van der Waals surface area (Å²) < 4.78 is 45.2. The Morgan fingerprint density at radius 1 is 1.15 bits per heavy atom. The largest absolute Gasteiger partial charge is 0.444 e. The fourth-order valence-corrected chi connectivity index (χ4v) is 5.05. The zero-order valence-corrected chi connectivity index (χ0v) is 15.3. The van der Waals surface area contributed by atoms with Gasteiger partial charge in [0.05, 0.1) is 21.5 Å². The summed E-state index contributed by atoms with van der Waals surface area (Å²) in [5.74, 6) is -0.789. The van der Waals surface area contributed by atoms with Gasteiger partial charge in [0, 0.05) is 0 Å². The predicted molar refractivity (Wildman–Crippen MR) is 97.1 cm³/mol. The van der Waals surface area contributed by atoms with Crippen LogP contribution in [0.25, 0.3) is 21.7 Å². The first-order valence-electron chi connectivity index (χ1n) is 7.72. The van der Waals surface area contributed by atoms with E-state index in [1.54, 1.807) is 12.1 Å². The molecule has 0 atom stereocenters. The van der Waals surface area contributed by atoms with Crippen LogP contribution in [0.4, 0.5) is 4.39 Å². The number of rotatable bonds is 4. The molecular formula is C18H13FN2O3S2. The zero-order chi connectivity index (χ0) is 18.3. The SMILES string of the molecule is Cc1ccc2sc(S(=O)(=O)Cc3coc(-c4ccccc4F)n3)nc2c1. The summed E-state index contributed by atoms with van der Waals surface area (Å²) in [5.41, 5.74) is 2.06. The van der Waals surface area contributed by atoms with Crippen LogP contribution in [-0.2, 0) is 15.6 Å². The summed E-state index contributed by atoms with van der Waals surface area (Å²) in [6.45, 7) is 1.92. The Balaban J connectivity index is 1.64. The molecule has 132 valence electrons. The quantitative estimate of drug-likeness (QED) is 0.519. The minimum absolute atomic E-state index is 0.0357. The lowest BCUT2D eigenvalue weighted by Gasteiger charge is -1.97. The average molecular weight is 388 g/mol. The van der Waals surface area contributed by atoms with Crippen molar-refractivity contribution in [2.75, 3.05) is 0 Å². The van der Waals surface area contributed by atoms with Crippen LogP contribution < -0.4 is 0 Å². The van der Waals surface area contributed by atoms with Crippen LogP contribution in [-0.4, -0.2) is 18.4 Å². The molecule has 8 heteroatoms. The lowest BCUT2D eigenvalue weighted by Crippen LogP contribution is -2.04. The molecule has 0 bridgehead atoms. The number of aryl methyl sites for hydroxylation is 1. The number of fused-ring (bicyclic) bond motifs is 1. The van der Waals surface area contributed by atoms with Crippen LogP contribution >= 0.6 is 11.3 Å². The van der Waals surface area contributed by atoms with Crippen molar-refractivity contribution in [2.24, 2.45) is 0 Å². The van der Waals surface area contributed by atoms with E-state index < -0.39 is 15.7 Å². The average Bonchev–Trinajstić information content (AvgIpc) is 3.21. The molecule has 4 rings (SSSR count). The molecule has 4 aromatic rings. The van der Waals surface area contributed by atoms with Crippen LogP contribution in [0.15, 0.2) is 57.5 Å². The predicted octanol–water partition coefficient (Wildman–Crippen LogP) is 4.37. The number of hydrogen-bond donors (Lipinski definition) is 0. The molecule has 2 aromatic carbocycles. The molecule has 0 fully saturated rings. The third-order valence-corrected chi connectivity index (χ3v) is 6.93. The van der Waals surface area contributed by atoms with Crippen molar-refractivity contribution in [3.63, 3.8) is 0 Å². The van der Waals surface area contributed by atoms with E-state index in [1.807, 2.05) is 25.1 Å². The smallest absolute Gasteiger partial charge is 0.229 e. The highest BCUT2D eigenvalue weighted by atomic mass is 32.2. The minimum atomic E-state index is -3.68.